The minimum absolute atomic E-state index is 0.264. The lowest BCUT2D eigenvalue weighted by Crippen LogP contribution is -2.44. The molecule has 0 unspecified atom stereocenters. The quantitative estimate of drug-likeness (QED) is 0.522. The van der Waals surface area contributed by atoms with Gasteiger partial charge in [-0.25, -0.2) is 9.59 Å². The van der Waals surface area contributed by atoms with Crippen LogP contribution in [0.2, 0.25) is 0 Å². The summed E-state index contributed by atoms with van der Waals surface area (Å²) in [5.74, 6) is 0. The maximum atomic E-state index is 11.3. The first-order valence-electron chi connectivity index (χ1n) is 9.27. The minimum atomic E-state index is -0.637. The fourth-order valence-corrected chi connectivity index (χ4v) is 2.28. The highest BCUT2D eigenvalue weighted by molar-refractivity contribution is 5.68. The monoisotopic (exact) mass is 406 g/mol. The summed E-state index contributed by atoms with van der Waals surface area (Å²) in [5.41, 5.74) is -1.04. The van der Waals surface area contributed by atoms with E-state index >= 15 is 0 Å². The van der Waals surface area contributed by atoms with Crippen LogP contribution < -0.4 is 10.6 Å². The predicted octanol–water partition coefficient (Wildman–Crippen LogP) is 0.542. The van der Waals surface area contributed by atoms with Gasteiger partial charge in [-0.1, -0.05) is 0 Å². The van der Waals surface area contributed by atoms with Gasteiger partial charge in [0.25, 0.3) is 0 Å². The van der Waals surface area contributed by atoms with Crippen molar-refractivity contribution in [2.75, 3.05) is 26.4 Å². The Balaban J connectivity index is 0.000000280. The van der Waals surface area contributed by atoms with Gasteiger partial charge in [-0.05, 0) is 41.5 Å². The standard InChI is InChI=1S/2C9H17NO4/c2*1-9(2,3)14-8(12)10-6-4-13-5-7(6)11/h2*6-7,11H,4-5H2,1-3H3,(H,10,12)/t2*6-,7-/m10/s1. The van der Waals surface area contributed by atoms with Gasteiger partial charge in [0.2, 0.25) is 0 Å². The van der Waals surface area contributed by atoms with Crippen molar-refractivity contribution in [3.63, 3.8) is 0 Å². The average molecular weight is 406 g/mol. The van der Waals surface area contributed by atoms with Gasteiger partial charge in [0.1, 0.15) is 11.2 Å². The molecule has 0 saturated carbocycles. The van der Waals surface area contributed by atoms with Crippen molar-refractivity contribution in [2.45, 2.75) is 77.0 Å². The molecule has 0 aromatic carbocycles. The molecule has 0 aliphatic carbocycles. The number of aliphatic hydroxyl groups is 2. The first-order valence-corrected chi connectivity index (χ1v) is 9.27. The lowest BCUT2D eigenvalue weighted by molar-refractivity contribution is 0.0452. The molecule has 2 fully saturated rings. The zero-order valence-corrected chi connectivity index (χ0v) is 17.5. The molecule has 4 N–H and O–H groups in total. The first-order chi connectivity index (χ1) is 12.8. The van der Waals surface area contributed by atoms with Crippen molar-refractivity contribution in [2.24, 2.45) is 0 Å². The van der Waals surface area contributed by atoms with Crippen LogP contribution in [0.25, 0.3) is 0 Å². The van der Waals surface area contributed by atoms with Crippen LogP contribution in [0, 0.1) is 0 Å². The van der Waals surface area contributed by atoms with E-state index in [0.717, 1.165) is 0 Å². The van der Waals surface area contributed by atoms with Crippen molar-refractivity contribution in [3.05, 3.63) is 0 Å². The Morgan fingerprint density at radius 1 is 0.750 bits per heavy atom. The Morgan fingerprint density at radius 2 is 1.07 bits per heavy atom. The molecule has 0 aromatic heterocycles. The lowest BCUT2D eigenvalue weighted by Gasteiger charge is -2.22. The van der Waals surface area contributed by atoms with Gasteiger partial charge < -0.3 is 39.8 Å². The fourth-order valence-electron chi connectivity index (χ4n) is 2.28. The van der Waals surface area contributed by atoms with Gasteiger partial charge in [-0.2, -0.15) is 0 Å². The third-order valence-corrected chi connectivity index (χ3v) is 3.51. The van der Waals surface area contributed by atoms with Crippen molar-refractivity contribution >= 4 is 12.2 Å². The van der Waals surface area contributed by atoms with Gasteiger partial charge >= 0.3 is 12.2 Å². The van der Waals surface area contributed by atoms with E-state index < -0.39 is 35.6 Å². The van der Waals surface area contributed by atoms with Crippen LogP contribution >= 0.6 is 0 Å². The van der Waals surface area contributed by atoms with Crippen LogP contribution in [-0.2, 0) is 18.9 Å². The van der Waals surface area contributed by atoms with Crippen LogP contribution in [-0.4, -0.2) is 84.3 Å². The number of aliphatic hydroxyl groups excluding tert-OH is 2. The molecule has 2 saturated heterocycles. The molecule has 10 heteroatoms. The number of hydrogen-bond donors (Lipinski definition) is 4. The second kappa shape index (κ2) is 10.2. The number of rotatable bonds is 2. The van der Waals surface area contributed by atoms with Crippen LogP contribution in [0.4, 0.5) is 9.59 Å². The summed E-state index contributed by atoms with van der Waals surface area (Å²) in [6.07, 6.45) is -2.32. The summed E-state index contributed by atoms with van der Waals surface area (Å²) < 4.78 is 20.0. The molecular weight excluding hydrogens is 372 g/mol. The summed E-state index contributed by atoms with van der Waals surface area (Å²) in [6.45, 7) is 11.9. The molecule has 2 rings (SSSR count). The molecule has 2 amide bonds. The first kappa shape index (κ1) is 24.4. The molecule has 10 nitrogen and oxygen atoms in total. The molecule has 0 spiro atoms. The molecule has 2 aliphatic heterocycles. The van der Waals surface area contributed by atoms with E-state index in [-0.39, 0.29) is 25.3 Å². The SMILES string of the molecule is CC(C)(C)OC(=O)N[C@@H]1COC[C@H]1O.CC(C)(C)OC(=O)N[C@H]1COC[C@@H]1O. The van der Waals surface area contributed by atoms with E-state index in [1.807, 2.05) is 0 Å². The normalized spacial score (nSPS) is 27.4. The van der Waals surface area contributed by atoms with E-state index in [2.05, 4.69) is 10.6 Å². The lowest BCUT2D eigenvalue weighted by atomic mass is 10.2. The summed E-state index contributed by atoms with van der Waals surface area (Å²) in [7, 11) is 0. The largest absolute Gasteiger partial charge is 0.444 e. The highest BCUT2D eigenvalue weighted by atomic mass is 16.6. The maximum Gasteiger partial charge on any atom is 0.408 e. The topological polar surface area (TPSA) is 136 Å². The second-order valence-electron chi connectivity index (χ2n) is 8.72. The van der Waals surface area contributed by atoms with Gasteiger partial charge in [-0.3, -0.25) is 0 Å². The zero-order chi connectivity index (χ0) is 21.5. The second-order valence-corrected chi connectivity index (χ2v) is 8.72. The molecule has 164 valence electrons. The summed E-state index contributed by atoms with van der Waals surface area (Å²) in [5, 5.41) is 23.8. The van der Waals surface area contributed by atoms with Crippen molar-refractivity contribution in [1.29, 1.82) is 0 Å². The van der Waals surface area contributed by atoms with E-state index in [9.17, 15) is 19.8 Å². The fraction of sp³-hybridized carbons (Fsp3) is 0.889. The number of carbonyl (C=O) groups excluding carboxylic acids is 2. The molecule has 28 heavy (non-hydrogen) atoms. The van der Waals surface area contributed by atoms with Crippen molar-refractivity contribution in [3.8, 4) is 0 Å². The summed E-state index contributed by atoms with van der Waals surface area (Å²) in [4.78, 5) is 22.5. The number of ether oxygens (including phenoxy) is 4. The smallest absolute Gasteiger partial charge is 0.408 e. The van der Waals surface area contributed by atoms with Crippen LogP contribution in [0.3, 0.4) is 0 Å². The van der Waals surface area contributed by atoms with E-state index in [1.165, 1.54) is 0 Å². The van der Waals surface area contributed by atoms with Crippen LogP contribution in [0.5, 0.6) is 0 Å². The number of hydrogen-bond acceptors (Lipinski definition) is 8. The van der Waals surface area contributed by atoms with E-state index in [4.69, 9.17) is 18.9 Å². The number of alkyl carbamates (subject to hydrolysis) is 2. The number of carbonyl (C=O) groups is 2. The minimum Gasteiger partial charge on any atom is -0.444 e. The third kappa shape index (κ3) is 10.1. The Bertz CT molecular complexity index is 469. The maximum absolute atomic E-state index is 11.3. The van der Waals surface area contributed by atoms with Gasteiger partial charge in [-0.15, -0.1) is 0 Å². The molecule has 2 aliphatic rings. The Hall–Kier alpha value is -1.62. The Kier molecular flexibility index (Phi) is 8.93. The summed E-state index contributed by atoms with van der Waals surface area (Å²) in [6, 6.07) is -0.713. The van der Waals surface area contributed by atoms with E-state index in [0.29, 0.717) is 13.2 Å². The van der Waals surface area contributed by atoms with Gasteiger partial charge in [0.05, 0.1) is 50.7 Å². The highest BCUT2D eigenvalue weighted by Crippen LogP contribution is 2.10. The third-order valence-electron chi connectivity index (χ3n) is 3.51. The molecule has 0 bridgehead atoms. The van der Waals surface area contributed by atoms with E-state index in [1.54, 1.807) is 41.5 Å². The summed E-state index contributed by atoms with van der Waals surface area (Å²) >= 11 is 0. The molecule has 4 atom stereocenters. The van der Waals surface area contributed by atoms with Crippen LogP contribution in [0.1, 0.15) is 41.5 Å². The van der Waals surface area contributed by atoms with Gasteiger partial charge in [0.15, 0.2) is 0 Å². The molecular formula is C18H34N2O8. The van der Waals surface area contributed by atoms with Crippen LogP contribution in [0.15, 0.2) is 0 Å². The molecule has 2 heterocycles. The number of nitrogens with one attached hydrogen (secondary N) is 2. The Labute approximate surface area is 165 Å². The van der Waals surface area contributed by atoms with Crippen molar-refractivity contribution < 1.29 is 38.7 Å². The van der Waals surface area contributed by atoms with Crippen molar-refractivity contribution in [1.82, 2.24) is 10.6 Å². The highest BCUT2D eigenvalue weighted by Gasteiger charge is 2.30. The average Bonchev–Trinajstić information content (AvgIpc) is 3.05. The Morgan fingerprint density at radius 3 is 1.29 bits per heavy atom. The van der Waals surface area contributed by atoms with Gasteiger partial charge in [0, 0.05) is 0 Å². The number of amides is 2. The molecule has 0 radical (unpaired) electrons. The molecule has 0 aromatic rings. The predicted molar refractivity (Wildman–Crippen MR) is 100.0 cm³/mol. The zero-order valence-electron chi connectivity index (χ0n) is 17.5.